The van der Waals surface area contributed by atoms with Gasteiger partial charge in [-0.25, -0.2) is 15.0 Å². The van der Waals surface area contributed by atoms with Crippen LogP contribution in [0.1, 0.15) is 32.4 Å². The molecule has 10 heteroatoms. The number of piperidine rings is 1. The molecule has 0 unspecified atom stereocenters. The van der Waals surface area contributed by atoms with E-state index in [1.165, 1.54) is 0 Å². The van der Waals surface area contributed by atoms with Crippen LogP contribution in [0.3, 0.4) is 0 Å². The third-order valence-electron chi connectivity index (χ3n) is 6.24. The molecule has 0 saturated carbocycles. The standard InChI is InChI=1S/C22H29N9S/c1-5-10-32-22-27-21-26-15(3)11-18(31(21)28-22)30-9-7-14(2)17(12-30)29(4)20-16-6-8-23-19(16)24-13-25-20/h6,8,11,13-14,17H,5,7,9-10,12H2,1-4H3,(H,23,24,25)/t14-,17+/m1/s1. The molecule has 5 rings (SSSR count). The lowest BCUT2D eigenvalue weighted by Gasteiger charge is -2.43. The smallest absolute Gasteiger partial charge is 0.255 e. The molecule has 0 bridgehead atoms. The first-order chi connectivity index (χ1) is 15.5. The number of aromatic nitrogens is 7. The van der Waals surface area contributed by atoms with Crippen LogP contribution in [-0.2, 0) is 0 Å². The van der Waals surface area contributed by atoms with Gasteiger partial charge >= 0.3 is 0 Å². The number of aryl methyl sites for hydroxylation is 1. The Labute approximate surface area is 191 Å². The van der Waals surface area contributed by atoms with Crippen molar-refractivity contribution in [1.82, 2.24) is 34.5 Å². The van der Waals surface area contributed by atoms with Gasteiger partial charge in [-0.15, -0.1) is 5.10 Å². The molecule has 1 fully saturated rings. The van der Waals surface area contributed by atoms with Gasteiger partial charge in [0.05, 0.1) is 11.4 Å². The molecule has 9 nitrogen and oxygen atoms in total. The maximum absolute atomic E-state index is 4.77. The number of nitrogens with zero attached hydrogens (tertiary/aromatic N) is 8. The van der Waals surface area contributed by atoms with E-state index in [2.05, 4.69) is 61.7 Å². The number of likely N-dealkylation sites (N-methyl/N-ethyl adjacent to an activating group) is 1. The van der Waals surface area contributed by atoms with Crippen LogP contribution in [0.2, 0.25) is 0 Å². The molecule has 0 aliphatic carbocycles. The molecule has 0 amide bonds. The molecule has 2 atom stereocenters. The largest absolute Gasteiger partial charge is 0.354 e. The van der Waals surface area contributed by atoms with E-state index in [0.717, 1.165) is 65.2 Å². The van der Waals surface area contributed by atoms with Gasteiger partial charge in [0.1, 0.15) is 23.6 Å². The van der Waals surface area contributed by atoms with Gasteiger partial charge in [-0.2, -0.15) is 9.50 Å². The summed E-state index contributed by atoms with van der Waals surface area (Å²) in [5.74, 6) is 4.23. The van der Waals surface area contributed by atoms with Crippen molar-refractivity contribution < 1.29 is 0 Å². The maximum Gasteiger partial charge on any atom is 0.255 e. The van der Waals surface area contributed by atoms with Gasteiger partial charge in [-0.3, -0.25) is 0 Å². The van der Waals surface area contributed by atoms with Crippen LogP contribution in [-0.4, -0.2) is 66.5 Å². The van der Waals surface area contributed by atoms with E-state index in [-0.39, 0.29) is 0 Å². The Bertz CT molecular complexity index is 1230. The van der Waals surface area contributed by atoms with Crippen molar-refractivity contribution in [2.75, 3.05) is 35.7 Å². The van der Waals surface area contributed by atoms with E-state index in [1.54, 1.807) is 18.1 Å². The molecule has 1 aliphatic rings. The predicted octanol–water partition coefficient (Wildman–Crippen LogP) is 3.56. The Kier molecular flexibility index (Phi) is 5.62. The molecule has 168 valence electrons. The van der Waals surface area contributed by atoms with E-state index in [4.69, 9.17) is 5.10 Å². The second-order valence-corrected chi connectivity index (χ2v) is 9.60. The number of anilines is 2. The third-order valence-corrected chi connectivity index (χ3v) is 7.29. The van der Waals surface area contributed by atoms with Crippen LogP contribution < -0.4 is 9.80 Å². The highest BCUT2D eigenvalue weighted by Crippen LogP contribution is 2.31. The van der Waals surface area contributed by atoms with E-state index in [9.17, 15) is 0 Å². The molecule has 4 aromatic rings. The van der Waals surface area contributed by atoms with Gasteiger partial charge in [0, 0.05) is 43.8 Å². The zero-order chi connectivity index (χ0) is 22.2. The molecule has 5 heterocycles. The molecule has 1 saturated heterocycles. The van der Waals surface area contributed by atoms with Crippen LogP contribution in [0.4, 0.5) is 11.6 Å². The number of aromatic amines is 1. The van der Waals surface area contributed by atoms with Crippen molar-refractivity contribution in [2.24, 2.45) is 5.92 Å². The highest BCUT2D eigenvalue weighted by atomic mass is 32.2. The highest BCUT2D eigenvalue weighted by molar-refractivity contribution is 7.99. The fraction of sp³-hybridized carbons (Fsp3) is 0.500. The predicted molar refractivity (Wildman–Crippen MR) is 129 cm³/mol. The van der Waals surface area contributed by atoms with Gasteiger partial charge in [0.2, 0.25) is 5.16 Å². The number of H-pyrrole nitrogens is 1. The van der Waals surface area contributed by atoms with Crippen molar-refractivity contribution in [3.8, 4) is 0 Å². The summed E-state index contributed by atoms with van der Waals surface area (Å²) in [6.45, 7) is 8.38. The third kappa shape index (κ3) is 3.76. The second-order valence-electron chi connectivity index (χ2n) is 8.54. The molecular weight excluding hydrogens is 422 g/mol. The van der Waals surface area contributed by atoms with Crippen LogP contribution in [0, 0.1) is 12.8 Å². The number of fused-ring (bicyclic) bond motifs is 2. The average Bonchev–Trinajstić information content (AvgIpc) is 3.43. The molecule has 1 N–H and O–H groups in total. The summed E-state index contributed by atoms with van der Waals surface area (Å²) in [7, 11) is 2.14. The van der Waals surface area contributed by atoms with Crippen LogP contribution in [0.5, 0.6) is 0 Å². The minimum atomic E-state index is 0.303. The van der Waals surface area contributed by atoms with Gasteiger partial charge in [-0.1, -0.05) is 25.6 Å². The fourth-order valence-electron chi connectivity index (χ4n) is 4.49. The topological polar surface area (TPSA) is 91.1 Å². The first-order valence-corrected chi connectivity index (χ1v) is 12.2. The Morgan fingerprint density at radius 1 is 1.28 bits per heavy atom. The lowest BCUT2D eigenvalue weighted by molar-refractivity contribution is 0.365. The van der Waals surface area contributed by atoms with Gasteiger partial charge in [-0.05, 0) is 31.7 Å². The minimum absolute atomic E-state index is 0.303. The molecule has 1 aliphatic heterocycles. The number of rotatable bonds is 6. The zero-order valence-electron chi connectivity index (χ0n) is 19.0. The van der Waals surface area contributed by atoms with Gasteiger partial charge < -0.3 is 14.8 Å². The average molecular weight is 452 g/mol. The quantitative estimate of drug-likeness (QED) is 0.445. The van der Waals surface area contributed by atoms with Crippen molar-refractivity contribution in [3.05, 3.63) is 30.4 Å². The number of hydrogen-bond acceptors (Lipinski definition) is 8. The Hall–Kier alpha value is -2.88. The van der Waals surface area contributed by atoms with Crippen molar-refractivity contribution in [2.45, 2.75) is 44.8 Å². The summed E-state index contributed by atoms with van der Waals surface area (Å²) >= 11 is 1.69. The molecule has 0 spiro atoms. The van der Waals surface area contributed by atoms with E-state index >= 15 is 0 Å². The first kappa shape index (κ1) is 21.0. The van der Waals surface area contributed by atoms with Crippen LogP contribution in [0.25, 0.3) is 16.8 Å². The Morgan fingerprint density at radius 2 is 2.16 bits per heavy atom. The van der Waals surface area contributed by atoms with E-state index in [1.807, 2.05) is 23.7 Å². The van der Waals surface area contributed by atoms with Crippen molar-refractivity contribution in [1.29, 1.82) is 0 Å². The summed E-state index contributed by atoms with van der Waals surface area (Å²) in [4.78, 5) is 26.2. The van der Waals surface area contributed by atoms with Gasteiger partial charge in [0.15, 0.2) is 0 Å². The van der Waals surface area contributed by atoms with Crippen molar-refractivity contribution in [3.63, 3.8) is 0 Å². The van der Waals surface area contributed by atoms with E-state index < -0.39 is 0 Å². The SMILES string of the molecule is CCCSc1nc2nc(C)cc(N3CC[C@@H](C)[C@@H](N(C)c4ncnc5[nH]ccc45)C3)n2n1. The monoisotopic (exact) mass is 451 g/mol. The molecule has 0 aromatic carbocycles. The van der Waals surface area contributed by atoms with Crippen LogP contribution in [0.15, 0.2) is 29.8 Å². The number of hydrogen-bond donors (Lipinski definition) is 1. The Balaban J connectivity index is 1.47. The molecule has 4 aromatic heterocycles. The summed E-state index contributed by atoms with van der Waals surface area (Å²) in [6.07, 6.45) is 5.74. The lowest BCUT2D eigenvalue weighted by Crippen LogP contribution is -2.51. The maximum atomic E-state index is 4.77. The summed E-state index contributed by atoms with van der Waals surface area (Å²) in [5.41, 5.74) is 1.83. The number of thioether (sulfide) groups is 1. The first-order valence-electron chi connectivity index (χ1n) is 11.2. The van der Waals surface area contributed by atoms with Gasteiger partial charge in [0.25, 0.3) is 5.78 Å². The zero-order valence-corrected chi connectivity index (χ0v) is 19.8. The minimum Gasteiger partial charge on any atom is -0.354 e. The molecular formula is C22H29N9S. The van der Waals surface area contributed by atoms with E-state index in [0.29, 0.717) is 17.7 Å². The van der Waals surface area contributed by atoms with Crippen molar-refractivity contribution >= 4 is 40.2 Å². The molecule has 32 heavy (non-hydrogen) atoms. The number of nitrogens with one attached hydrogen (secondary N) is 1. The lowest BCUT2D eigenvalue weighted by atomic mass is 9.92. The summed E-state index contributed by atoms with van der Waals surface area (Å²) in [6, 6.07) is 4.48. The normalized spacial score (nSPS) is 19.2. The highest BCUT2D eigenvalue weighted by Gasteiger charge is 2.32. The Morgan fingerprint density at radius 3 is 3.00 bits per heavy atom. The summed E-state index contributed by atoms with van der Waals surface area (Å²) < 4.78 is 1.91. The molecule has 0 radical (unpaired) electrons. The second kappa shape index (κ2) is 8.57. The van der Waals surface area contributed by atoms with Crippen LogP contribution >= 0.6 is 11.8 Å². The summed E-state index contributed by atoms with van der Waals surface area (Å²) in [5, 5.41) is 6.62. The fourth-order valence-corrected chi connectivity index (χ4v) is 5.16.